The van der Waals surface area contributed by atoms with Crippen LogP contribution < -0.4 is 5.32 Å². The summed E-state index contributed by atoms with van der Waals surface area (Å²) in [5.74, 6) is -0.155. The number of rotatable bonds is 10. The van der Waals surface area contributed by atoms with Crippen molar-refractivity contribution < 1.29 is 19.0 Å². The molecule has 0 radical (unpaired) electrons. The Morgan fingerprint density at radius 2 is 2.00 bits per heavy atom. The molecule has 0 bridgehead atoms. The quantitative estimate of drug-likeness (QED) is 0.495. The first kappa shape index (κ1) is 18.4. The van der Waals surface area contributed by atoms with Crippen LogP contribution in [0.5, 0.6) is 0 Å². The lowest BCUT2D eigenvalue weighted by Gasteiger charge is -2.28. The van der Waals surface area contributed by atoms with Gasteiger partial charge in [0, 0.05) is 19.8 Å². The summed E-state index contributed by atoms with van der Waals surface area (Å²) in [5, 5.41) is 3.25. The Bertz CT molecular complexity index is 292. The van der Waals surface area contributed by atoms with Gasteiger partial charge in [0.25, 0.3) is 0 Å². The topological polar surface area (TPSA) is 56.8 Å². The summed E-state index contributed by atoms with van der Waals surface area (Å²) < 4.78 is 16.3. The van der Waals surface area contributed by atoms with Crippen LogP contribution in [0.1, 0.15) is 52.9 Å². The molecular weight excluding hydrogens is 270 g/mol. The molecule has 1 aliphatic heterocycles. The molecule has 21 heavy (non-hydrogen) atoms. The van der Waals surface area contributed by atoms with E-state index in [2.05, 4.69) is 5.32 Å². The predicted molar refractivity (Wildman–Crippen MR) is 82.4 cm³/mol. The van der Waals surface area contributed by atoms with Gasteiger partial charge in [-0.3, -0.25) is 4.79 Å². The van der Waals surface area contributed by atoms with Crippen molar-refractivity contribution in [3.05, 3.63) is 0 Å². The van der Waals surface area contributed by atoms with E-state index >= 15 is 0 Å². The van der Waals surface area contributed by atoms with Crippen molar-refractivity contribution in [2.45, 2.75) is 64.5 Å². The largest absolute Gasteiger partial charge is 0.465 e. The van der Waals surface area contributed by atoms with E-state index in [0.717, 1.165) is 58.5 Å². The van der Waals surface area contributed by atoms with Crippen LogP contribution in [0, 0.1) is 0 Å². The van der Waals surface area contributed by atoms with Crippen LogP contribution in [0.4, 0.5) is 0 Å². The molecule has 0 aliphatic carbocycles. The highest BCUT2D eigenvalue weighted by Crippen LogP contribution is 2.17. The number of nitrogens with one attached hydrogen (secondary N) is 1. The van der Waals surface area contributed by atoms with Crippen molar-refractivity contribution in [2.75, 3.05) is 33.0 Å². The minimum absolute atomic E-state index is 0.155. The van der Waals surface area contributed by atoms with Gasteiger partial charge < -0.3 is 19.5 Å². The van der Waals surface area contributed by atoms with Gasteiger partial charge >= 0.3 is 5.97 Å². The highest BCUT2D eigenvalue weighted by Gasteiger charge is 2.32. The molecule has 0 aromatic carbocycles. The van der Waals surface area contributed by atoms with Gasteiger partial charge in [0.15, 0.2) is 0 Å². The molecule has 0 spiro atoms. The summed E-state index contributed by atoms with van der Waals surface area (Å²) >= 11 is 0. The Hall–Kier alpha value is -0.650. The first-order valence-electron chi connectivity index (χ1n) is 8.24. The Labute approximate surface area is 128 Å². The number of carbonyl (C=O) groups excluding carboxylic acids is 1. The minimum atomic E-state index is -0.580. The zero-order valence-corrected chi connectivity index (χ0v) is 13.8. The highest BCUT2D eigenvalue weighted by atomic mass is 16.5. The van der Waals surface area contributed by atoms with E-state index in [-0.39, 0.29) is 5.97 Å². The van der Waals surface area contributed by atoms with Crippen molar-refractivity contribution in [1.82, 2.24) is 5.32 Å². The number of ether oxygens (including phenoxy) is 3. The summed E-state index contributed by atoms with van der Waals surface area (Å²) in [4.78, 5) is 12.0. The monoisotopic (exact) mass is 301 g/mol. The number of esters is 1. The molecule has 1 fully saturated rings. The summed E-state index contributed by atoms with van der Waals surface area (Å²) in [6, 6.07) is 0. The average molecular weight is 301 g/mol. The maximum absolute atomic E-state index is 12.0. The molecule has 1 aliphatic rings. The summed E-state index contributed by atoms with van der Waals surface area (Å²) in [7, 11) is 0. The first-order valence-corrected chi connectivity index (χ1v) is 8.24. The molecule has 0 aromatic rings. The maximum atomic E-state index is 12.0. The highest BCUT2D eigenvalue weighted by molar-refractivity contribution is 5.80. The van der Waals surface area contributed by atoms with E-state index in [1.165, 1.54) is 0 Å². The van der Waals surface area contributed by atoms with Crippen LogP contribution in [-0.4, -0.2) is 50.6 Å². The van der Waals surface area contributed by atoms with Crippen molar-refractivity contribution in [2.24, 2.45) is 0 Å². The second-order valence-electron chi connectivity index (χ2n) is 5.72. The summed E-state index contributed by atoms with van der Waals surface area (Å²) in [6.07, 6.45) is 5.04. The van der Waals surface area contributed by atoms with Gasteiger partial charge in [0.2, 0.25) is 0 Å². The molecule has 5 heteroatoms. The van der Waals surface area contributed by atoms with Crippen molar-refractivity contribution in [1.29, 1.82) is 0 Å². The number of hydrogen-bond acceptors (Lipinski definition) is 5. The van der Waals surface area contributed by atoms with E-state index in [9.17, 15) is 4.79 Å². The van der Waals surface area contributed by atoms with Crippen molar-refractivity contribution in [3.63, 3.8) is 0 Å². The second kappa shape index (κ2) is 10.1. The van der Waals surface area contributed by atoms with Crippen LogP contribution in [0.25, 0.3) is 0 Å². The van der Waals surface area contributed by atoms with E-state index in [1.54, 1.807) is 0 Å². The molecule has 1 rings (SSSR count). The third kappa shape index (κ3) is 6.76. The second-order valence-corrected chi connectivity index (χ2v) is 5.72. The van der Waals surface area contributed by atoms with Crippen molar-refractivity contribution in [3.8, 4) is 0 Å². The van der Waals surface area contributed by atoms with Crippen LogP contribution in [0.15, 0.2) is 0 Å². The van der Waals surface area contributed by atoms with E-state index in [1.807, 2.05) is 20.8 Å². The van der Waals surface area contributed by atoms with Gasteiger partial charge in [-0.25, -0.2) is 0 Å². The Morgan fingerprint density at radius 3 is 2.62 bits per heavy atom. The van der Waals surface area contributed by atoms with E-state index in [0.29, 0.717) is 12.7 Å². The molecule has 1 unspecified atom stereocenters. The molecule has 1 atom stereocenters. The minimum Gasteiger partial charge on any atom is -0.465 e. The summed E-state index contributed by atoms with van der Waals surface area (Å²) in [6.45, 7) is 9.33. The normalized spacial score (nSPS) is 19.2. The van der Waals surface area contributed by atoms with Gasteiger partial charge in [0.05, 0.1) is 12.7 Å². The Balaban J connectivity index is 2.21. The van der Waals surface area contributed by atoms with Gasteiger partial charge in [-0.05, 0) is 52.5 Å². The summed E-state index contributed by atoms with van der Waals surface area (Å²) in [5.41, 5.74) is -0.580. The molecule has 0 amide bonds. The molecule has 1 heterocycles. The van der Waals surface area contributed by atoms with Crippen molar-refractivity contribution >= 4 is 5.97 Å². The molecular formula is C16H31NO4. The first-order chi connectivity index (χ1) is 10.1. The van der Waals surface area contributed by atoms with Gasteiger partial charge in [-0.15, -0.1) is 0 Å². The molecule has 1 saturated heterocycles. The van der Waals surface area contributed by atoms with Crippen LogP contribution in [-0.2, 0) is 19.0 Å². The molecule has 5 nitrogen and oxygen atoms in total. The number of unbranched alkanes of at least 4 members (excludes halogenated alkanes) is 1. The van der Waals surface area contributed by atoms with Crippen LogP contribution >= 0.6 is 0 Å². The van der Waals surface area contributed by atoms with Crippen LogP contribution in [0.3, 0.4) is 0 Å². The fraction of sp³-hybridized carbons (Fsp3) is 0.938. The third-order valence-corrected chi connectivity index (χ3v) is 3.89. The van der Waals surface area contributed by atoms with E-state index in [4.69, 9.17) is 14.2 Å². The van der Waals surface area contributed by atoms with Crippen LogP contribution in [0.2, 0.25) is 0 Å². The zero-order chi connectivity index (χ0) is 15.6. The van der Waals surface area contributed by atoms with Gasteiger partial charge in [-0.2, -0.15) is 0 Å². The smallest absolute Gasteiger partial charge is 0.326 e. The molecule has 0 aromatic heterocycles. The molecule has 1 N–H and O–H groups in total. The van der Waals surface area contributed by atoms with Gasteiger partial charge in [-0.1, -0.05) is 6.92 Å². The SMILES string of the molecule is CCNC(C)(CCCCOC1CCOCC1)C(=O)OCC. The lowest BCUT2D eigenvalue weighted by molar-refractivity contribution is -0.150. The predicted octanol–water partition coefficient (Wildman–Crippen LogP) is 2.28. The fourth-order valence-electron chi connectivity index (χ4n) is 2.62. The third-order valence-electron chi connectivity index (χ3n) is 3.89. The number of hydrogen-bond donors (Lipinski definition) is 1. The fourth-order valence-corrected chi connectivity index (χ4v) is 2.62. The number of likely N-dealkylation sites (N-methyl/N-ethyl adjacent to an activating group) is 1. The lowest BCUT2D eigenvalue weighted by atomic mass is 9.95. The Kier molecular flexibility index (Phi) is 8.88. The van der Waals surface area contributed by atoms with Gasteiger partial charge in [0.1, 0.15) is 5.54 Å². The maximum Gasteiger partial charge on any atom is 0.326 e. The standard InChI is InChI=1S/C16H31NO4/c1-4-17-16(3,15(18)20-5-2)10-6-7-11-21-14-8-12-19-13-9-14/h14,17H,4-13H2,1-3H3. The number of carbonyl (C=O) groups is 1. The Morgan fingerprint density at radius 1 is 1.29 bits per heavy atom. The molecule has 0 saturated carbocycles. The molecule has 124 valence electrons. The average Bonchev–Trinajstić information content (AvgIpc) is 2.48. The lowest BCUT2D eigenvalue weighted by Crippen LogP contribution is -2.50. The van der Waals surface area contributed by atoms with E-state index < -0.39 is 5.54 Å². The zero-order valence-electron chi connectivity index (χ0n) is 13.8.